The lowest BCUT2D eigenvalue weighted by atomic mass is 10.1. The number of hydrogen-bond donors (Lipinski definition) is 1. The molecular weight excluding hydrogens is 380 g/mol. The minimum atomic E-state index is -0.0616. The summed E-state index contributed by atoms with van der Waals surface area (Å²) in [6, 6.07) is 23.3. The average Bonchev–Trinajstić information content (AvgIpc) is 2.75. The highest BCUT2D eigenvalue weighted by Crippen LogP contribution is 2.19. The van der Waals surface area contributed by atoms with Gasteiger partial charge in [-0.15, -0.1) is 11.8 Å². The molecule has 29 heavy (non-hydrogen) atoms. The molecule has 4 aromatic rings. The Bertz CT molecular complexity index is 1170. The zero-order valence-corrected chi connectivity index (χ0v) is 17.0. The Morgan fingerprint density at radius 1 is 0.897 bits per heavy atom. The molecule has 0 saturated carbocycles. The number of nitrogens with zero attached hydrogens (tertiary/aromatic N) is 1. The van der Waals surface area contributed by atoms with Gasteiger partial charge < -0.3 is 9.88 Å². The fraction of sp³-hybridized carbons (Fsp3) is 0.167. The number of thioether (sulfide) groups is 1. The van der Waals surface area contributed by atoms with E-state index >= 15 is 0 Å². The highest BCUT2D eigenvalue weighted by molar-refractivity contribution is 7.99. The number of carbonyl (C=O) groups excluding carboxylic acids is 1. The third-order valence-electron chi connectivity index (χ3n) is 4.89. The Kier molecular flexibility index (Phi) is 5.67. The number of para-hydroxylation sites is 2. The minimum absolute atomic E-state index is 0.00218. The molecule has 4 nitrogen and oxygen atoms in total. The lowest BCUT2D eigenvalue weighted by Crippen LogP contribution is -2.30. The molecule has 146 valence electrons. The van der Waals surface area contributed by atoms with Crippen LogP contribution >= 0.6 is 11.8 Å². The highest BCUT2D eigenvalue weighted by atomic mass is 32.2. The molecule has 1 amide bonds. The fourth-order valence-corrected chi connectivity index (χ4v) is 4.21. The molecule has 0 unspecified atom stereocenters. The van der Waals surface area contributed by atoms with Crippen LogP contribution in [0.3, 0.4) is 0 Å². The van der Waals surface area contributed by atoms with Gasteiger partial charge in [0.15, 0.2) is 5.43 Å². The van der Waals surface area contributed by atoms with Crippen molar-refractivity contribution in [3.05, 3.63) is 88.6 Å². The van der Waals surface area contributed by atoms with Crippen LogP contribution in [0, 0.1) is 6.92 Å². The number of pyridine rings is 1. The summed E-state index contributed by atoms with van der Waals surface area (Å²) in [7, 11) is 0. The second-order valence-corrected chi connectivity index (χ2v) is 8.13. The Hall–Kier alpha value is -3.05. The van der Waals surface area contributed by atoms with Gasteiger partial charge in [-0.25, -0.2) is 0 Å². The van der Waals surface area contributed by atoms with Gasteiger partial charge in [-0.2, -0.15) is 0 Å². The molecule has 0 aliphatic rings. The first-order chi connectivity index (χ1) is 14.1. The van der Waals surface area contributed by atoms with E-state index in [2.05, 4.69) is 36.5 Å². The molecule has 0 bridgehead atoms. The predicted octanol–water partition coefficient (Wildman–Crippen LogP) is 4.37. The van der Waals surface area contributed by atoms with E-state index in [1.807, 2.05) is 53.1 Å². The number of hydrogen-bond acceptors (Lipinski definition) is 3. The molecule has 0 fully saturated rings. The van der Waals surface area contributed by atoms with Gasteiger partial charge in [0.1, 0.15) is 6.54 Å². The fourth-order valence-electron chi connectivity index (χ4n) is 3.44. The van der Waals surface area contributed by atoms with Gasteiger partial charge in [0.05, 0.1) is 11.0 Å². The maximum atomic E-state index is 12.8. The summed E-state index contributed by atoms with van der Waals surface area (Å²) >= 11 is 1.72. The third-order valence-corrected chi connectivity index (χ3v) is 5.91. The maximum absolute atomic E-state index is 12.8. The minimum Gasteiger partial charge on any atom is -0.354 e. The van der Waals surface area contributed by atoms with Gasteiger partial charge in [-0.05, 0) is 43.3 Å². The second-order valence-electron chi connectivity index (χ2n) is 6.96. The molecule has 0 aliphatic heterocycles. The topological polar surface area (TPSA) is 51.1 Å². The van der Waals surface area contributed by atoms with Crippen LogP contribution in [0.2, 0.25) is 0 Å². The van der Waals surface area contributed by atoms with E-state index in [0.29, 0.717) is 17.3 Å². The van der Waals surface area contributed by atoms with Crippen molar-refractivity contribution in [2.45, 2.75) is 18.4 Å². The van der Waals surface area contributed by atoms with E-state index in [0.717, 1.165) is 16.8 Å². The van der Waals surface area contributed by atoms with Crippen LogP contribution in [0.15, 0.2) is 82.5 Å². The second kappa shape index (κ2) is 8.53. The number of carbonyl (C=O) groups is 1. The first kappa shape index (κ1) is 19.3. The molecule has 4 rings (SSSR count). The van der Waals surface area contributed by atoms with Crippen LogP contribution in [0.25, 0.3) is 21.8 Å². The number of fused-ring (bicyclic) bond motifs is 2. The van der Waals surface area contributed by atoms with Crippen LogP contribution in [0.5, 0.6) is 0 Å². The van der Waals surface area contributed by atoms with E-state index in [1.54, 1.807) is 11.8 Å². The van der Waals surface area contributed by atoms with E-state index in [1.165, 1.54) is 10.5 Å². The van der Waals surface area contributed by atoms with E-state index in [-0.39, 0.29) is 17.9 Å². The number of aryl methyl sites for hydroxylation is 1. The van der Waals surface area contributed by atoms with Gasteiger partial charge in [0.25, 0.3) is 0 Å². The maximum Gasteiger partial charge on any atom is 0.239 e. The summed E-state index contributed by atoms with van der Waals surface area (Å²) < 4.78 is 1.93. The van der Waals surface area contributed by atoms with Crippen molar-refractivity contribution < 1.29 is 4.79 Å². The lowest BCUT2D eigenvalue weighted by molar-refractivity contribution is -0.121. The molecule has 0 saturated heterocycles. The van der Waals surface area contributed by atoms with Gasteiger partial charge in [0.2, 0.25) is 5.91 Å². The highest BCUT2D eigenvalue weighted by Gasteiger charge is 2.12. The van der Waals surface area contributed by atoms with Crippen LogP contribution in [-0.4, -0.2) is 22.8 Å². The lowest BCUT2D eigenvalue weighted by Gasteiger charge is -2.15. The van der Waals surface area contributed by atoms with Gasteiger partial charge in [0, 0.05) is 28.0 Å². The number of nitrogens with one attached hydrogen (secondary N) is 1. The number of rotatable bonds is 6. The molecule has 5 heteroatoms. The van der Waals surface area contributed by atoms with Crippen LogP contribution in [-0.2, 0) is 11.3 Å². The summed E-state index contributed by atoms with van der Waals surface area (Å²) in [6.45, 7) is 2.84. The number of benzene rings is 3. The Morgan fingerprint density at radius 2 is 1.48 bits per heavy atom. The quantitative estimate of drug-likeness (QED) is 0.296. The van der Waals surface area contributed by atoms with Gasteiger partial charge >= 0.3 is 0 Å². The molecule has 0 atom stereocenters. The van der Waals surface area contributed by atoms with Crippen LogP contribution < -0.4 is 10.7 Å². The molecule has 1 N–H and O–H groups in total. The van der Waals surface area contributed by atoms with Crippen molar-refractivity contribution in [2.75, 3.05) is 12.3 Å². The van der Waals surface area contributed by atoms with Crippen molar-refractivity contribution in [1.29, 1.82) is 0 Å². The standard InChI is InChI=1S/C24H22N2O2S/c1-17-10-12-18(13-11-17)29-15-14-25-23(27)16-26-21-8-4-2-6-19(21)24(28)20-7-3-5-9-22(20)26/h2-13H,14-16H2,1H3,(H,25,27). The first-order valence-electron chi connectivity index (χ1n) is 9.60. The molecule has 1 aromatic heterocycles. The largest absolute Gasteiger partial charge is 0.354 e. The normalized spacial score (nSPS) is 11.1. The van der Waals surface area contributed by atoms with Crippen LogP contribution in [0.1, 0.15) is 5.56 Å². The Morgan fingerprint density at radius 3 is 2.10 bits per heavy atom. The van der Waals surface area contributed by atoms with Crippen molar-refractivity contribution >= 4 is 39.5 Å². The van der Waals surface area contributed by atoms with E-state index in [4.69, 9.17) is 0 Å². The summed E-state index contributed by atoms with van der Waals surface area (Å²) in [4.78, 5) is 26.6. The van der Waals surface area contributed by atoms with Crippen molar-refractivity contribution in [2.24, 2.45) is 0 Å². The molecule has 3 aromatic carbocycles. The van der Waals surface area contributed by atoms with Crippen molar-refractivity contribution in [3.63, 3.8) is 0 Å². The molecular formula is C24H22N2O2S. The van der Waals surface area contributed by atoms with E-state index in [9.17, 15) is 9.59 Å². The number of aromatic nitrogens is 1. The zero-order valence-electron chi connectivity index (χ0n) is 16.2. The molecule has 0 aliphatic carbocycles. The molecule has 1 heterocycles. The SMILES string of the molecule is Cc1ccc(SCCNC(=O)Cn2c3ccccc3c(=O)c3ccccc32)cc1. The van der Waals surface area contributed by atoms with Gasteiger partial charge in [-0.3, -0.25) is 9.59 Å². The van der Waals surface area contributed by atoms with Crippen LogP contribution in [0.4, 0.5) is 0 Å². The number of amides is 1. The van der Waals surface area contributed by atoms with Crippen molar-refractivity contribution in [3.8, 4) is 0 Å². The first-order valence-corrected chi connectivity index (χ1v) is 10.6. The average molecular weight is 403 g/mol. The summed E-state index contributed by atoms with van der Waals surface area (Å²) in [5.74, 6) is 0.744. The molecule has 0 spiro atoms. The summed E-state index contributed by atoms with van der Waals surface area (Å²) in [6.07, 6.45) is 0. The Balaban J connectivity index is 1.49. The summed E-state index contributed by atoms with van der Waals surface area (Å²) in [5.41, 5.74) is 2.80. The van der Waals surface area contributed by atoms with E-state index < -0.39 is 0 Å². The monoisotopic (exact) mass is 402 g/mol. The van der Waals surface area contributed by atoms with Gasteiger partial charge in [-0.1, -0.05) is 42.0 Å². The summed E-state index contributed by atoms with van der Waals surface area (Å²) in [5, 5.41) is 4.26. The van der Waals surface area contributed by atoms with Crippen molar-refractivity contribution in [1.82, 2.24) is 9.88 Å². The molecule has 0 radical (unpaired) electrons. The third kappa shape index (κ3) is 4.20. The zero-order chi connectivity index (χ0) is 20.2. The Labute approximate surface area is 173 Å². The predicted molar refractivity (Wildman–Crippen MR) is 121 cm³/mol. The smallest absolute Gasteiger partial charge is 0.239 e.